The van der Waals surface area contributed by atoms with E-state index in [4.69, 9.17) is 23.2 Å². The second-order valence-corrected chi connectivity index (χ2v) is 8.63. The number of benzene rings is 2. The smallest absolute Gasteiger partial charge is 0.342 e. The predicted molar refractivity (Wildman–Crippen MR) is 141 cm³/mol. The first-order valence-corrected chi connectivity index (χ1v) is 11.4. The SMILES string of the molecule is C[C@H](NC(=O)c1cc(Cl)cc(C(F)(F)F)c1)c1ncnn1-c1ccc(C(=O)Nc2ccccc2Cl)cn1.S. The summed E-state index contributed by atoms with van der Waals surface area (Å²) in [5, 5.41) is 9.54. The highest BCUT2D eigenvalue weighted by Crippen LogP contribution is 2.32. The summed E-state index contributed by atoms with van der Waals surface area (Å²) >= 11 is 11.9. The van der Waals surface area contributed by atoms with Crippen LogP contribution in [0, 0.1) is 0 Å². The first kappa shape index (κ1) is 29.0. The molecule has 4 aromatic rings. The maximum atomic E-state index is 13.1. The average Bonchev–Trinajstić information content (AvgIpc) is 3.35. The number of rotatable bonds is 6. The number of amides is 2. The Morgan fingerprint density at radius 2 is 1.71 bits per heavy atom. The van der Waals surface area contributed by atoms with Crippen LogP contribution in [0.25, 0.3) is 5.82 Å². The van der Waals surface area contributed by atoms with Gasteiger partial charge in [0.2, 0.25) is 0 Å². The number of halogens is 5. The summed E-state index contributed by atoms with van der Waals surface area (Å²) in [5.41, 5.74) is -0.592. The van der Waals surface area contributed by atoms with Gasteiger partial charge in [-0.2, -0.15) is 36.4 Å². The van der Waals surface area contributed by atoms with Gasteiger partial charge in [0.1, 0.15) is 6.33 Å². The predicted octanol–water partition coefficient (Wildman–Crippen LogP) is 5.84. The number of pyridine rings is 1. The number of alkyl halides is 3. The van der Waals surface area contributed by atoms with Gasteiger partial charge in [0.25, 0.3) is 11.8 Å². The van der Waals surface area contributed by atoms with Crippen molar-refractivity contribution in [2.45, 2.75) is 19.1 Å². The minimum absolute atomic E-state index is 0. The van der Waals surface area contributed by atoms with Gasteiger partial charge in [-0.25, -0.2) is 9.97 Å². The van der Waals surface area contributed by atoms with Gasteiger partial charge in [-0.15, -0.1) is 0 Å². The van der Waals surface area contributed by atoms with Gasteiger partial charge in [-0.3, -0.25) is 9.59 Å². The summed E-state index contributed by atoms with van der Waals surface area (Å²) < 4.78 is 40.6. The van der Waals surface area contributed by atoms with Crippen LogP contribution >= 0.6 is 36.7 Å². The highest BCUT2D eigenvalue weighted by Gasteiger charge is 2.32. The topological polar surface area (TPSA) is 102 Å². The third-order valence-corrected chi connectivity index (χ3v) is 5.69. The summed E-state index contributed by atoms with van der Waals surface area (Å²) in [4.78, 5) is 33.6. The molecule has 2 aromatic heterocycles. The Morgan fingerprint density at radius 3 is 2.37 bits per heavy atom. The third kappa shape index (κ3) is 6.63. The number of carbonyl (C=O) groups is 2. The van der Waals surface area contributed by atoms with E-state index in [9.17, 15) is 22.8 Å². The number of hydrogen-bond acceptors (Lipinski definition) is 5. The number of para-hydroxylation sites is 1. The van der Waals surface area contributed by atoms with Crippen molar-refractivity contribution in [3.8, 4) is 5.82 Å². The summed E-state index contributed by atoms with van der Waals surface area (Å²) in [7, 11) is 0. The molecule has 1 atom stereocenters. The van der Waals surface area contributed by atoms with Crippen LogP contribution in [-0.4, -0.2) is 31.6 Å². The van der Waals surface area contributed by atoms with Gasteiger partial charge in [0, 0.05) is 16.8 Å². The molecule has 4 rings (SSSR count). The largest absolute Gasteiger partial charge is 0.416 e. The second-order valence-electron chi connectivity index (χ2n) is 7.79. The van der Waals surface area contributed by atoms with Crippen LogP contribution in [0.5, 0.6) is 0 Å². The van der Waals surface area contributed by atoms with Gasteiger partial charge >= 0.3 is 6.18 Å². The highest BCUT2D eigenvalue weighted by atomic mass is 35.5. The van der Waals surface area contributed by atoms with Crippen LogP contribution in [0.15, 0.2) is 67.1 Å². The van der Waals surface area contributed by atoms with E-state index in [1.807, 2.05) is 0 Å². The molecule has 2 heterocycles. The molecule has 8 nitrogen and oxygen atoms in total. The standard InChI is InChI=1S/C24H17Cl2F3N6O2.H2S/c1-13(33-23(37)15-8-16(24(27,28)29)10-17(25)9-15)21-31-12-32-35(21)20-7-6-14(11-30-20)22(36)34-19-5-3-2-4-18(19)26;/h2-13H,1H3,(H,33,37)(H,34,36);1H2/t13-;/m0./s1. The minimum Gasteiger partial charge on any atom is -0.342 e. The van der Waals surface area contributed by atoms with Crippen molar-refractivity contribution in [1.29, 1.82) is 0 Å². The van der Waals surface area contributed by atoms with E-state index < -0.39 is 29.6 Å². The van der Waals surface area contributed by atoms with Gasteiger partial charge in [0.05, 0.1) is 27.9 Å². The van der Waals surface area contributed by atoms with Crippen LogP contribution in [-0.2, 0) is 6.18 Å². The van der Waals surface area contributed by atoms with E-state index in [1.54, 1.807) is 31.2 Å². The Kier molecular flexibility index (Phi) is 9.02. The van der Waals surface area contributed by atoms with Crippen molar-refractivity contribution >= 4 is 54.2 Å². The number of anilines is 1. The number of aromatic nitrogens is 4. The molecule has 0 unspecified atom stereocenters. The Labute approximate surface area is 231 Å². The number of hydrogen-bond donors (Lipinski definition) is 2. The van der Waals surface area contributed by atoms with E-state index in [0.29, 0.717) is 22.6 Å². The summed E-state index contributed by atoms with van der Waals surface area (Å²) in [5.74, 6) is -0.654. The lowest BCUT2D eigenvalue weighted by Gasteiger charge is -2.15. The van der Waals surface area contributed by atoms with Gasteiger partial charge in [0.15, 0.2) is 11.6 Å². The van der Waals surface area contributed by atoms with E-state index in [-0.39, 0.29) is 35.5 Å². The molecule has 2 N–H and O–H groups in total. The normalized spacial score (nSPS) is 11.8. The zero-order valence-electron chi connectivity index (χ0n) is 19.4. The first-order chi connectivity index (χ1) is 17.5. The lowest BCUT2D eigenvalue weighted by molar-refractivity contribution is -0.137. The summed E-state index contributed by atoms with van der Waals surface area (Å²) in [6.45, 7) is 1.58. The summed E-state index contributed by atoms with van der Waals surface area (Å²) in [6.07, 6.45) is -2.09. The molecule has 0 aliphatic carbocycles. The summed E-state index contributed by atoms with van der Waals surface area (Å²) in [6, 6.07) is 11.6. The molecule has 0 radical (unpaired) electrons. The molecule has 14 heteroatoms. The average molecular weight is 583 g/mol. The molecular weight excluding hydrogens is 564 g/mol. The fourth-order valence-electron chi connectivity index (χ4n) is 3.35. The Hall–Kier alpha value is -3.61. The monoisotopic (exact) mass is 582 g/mol. The van der Waals surface area contributed by atoms with E-state index in [1.165, 1.54) is 29.3 Å². The van der Waals surface area contributed by atoms with Crippen molar-refractivity contribution in [3.05, 3.63) is 99.7 Å². The Bertz CT molecular complexity index is 1460. The Morgan fingerprint density at radius 1 is 0.974 bits per heavy atom. The number of nitrogens with one attached hydrogen (secondary N) is 2. The number of carbonyl (C=O) groups excluding carboxylic acids is 2. The van der Waals surface area contributed by atoms with Gasteiger partial charge < -0.3 is 10.6 Å². The zero-order valence-corrected chi connectivity index (χ0v) is 21.9. The maximum Gasteiger partial charge on any atom is 0.416 e. The fourth-order valence-corrected chi connectivity index (χ4v) is 3.77. The minimum atomic E-state index is -4.66. The zero-order chi connectivity index (χ0) is 26.7. The van der Waals surface area contributed by atoms with Crippen molar-refractivity contribution in [2.75, 3.05) is 5.32 Å². The quantitative estimate of drug-likeness (QED) is 0.297. The molecule has 2 amide bonds. The van der Waals surface area contributed by atoms with Crippen molar-refractivity contribution in [2.24, 2.45) is 0 Å². The highest BCUT2D eigenvalue weighted by molar-refractivity contribution is 7.59. The fraction of sp³-hybridized carbons (Fsp3) is 0.125. The molecule has 0 aliphatic heterocycles. The van der Waals surface area contributed by atoms with E-state index in [0.717, 1.165) is 12.1 Å². The molecule has 0 fully saturated rings. The van der Waals surface area contributed by atoms with Crippen LogP contribution in [0.3, 0.4) is 0 Å². The molecule has 2 aromatic carbocycles. The van der Waals surface area contributed by atoms with Crippen LogP contribution in [0.4, 0.5) is 18.9 Å². The first-order valence-electron chi connectivity index (χ1n) is 10.6. The van der Waals surface area contributed by atoms with Crippen LogP contribution in [0.2, 0.25) is 10.0 Å². The van der Waals surface area contributed by atoms with Crippen molar-refractivity contribution in [1.82, 2.24) is 25.1 Å². The van der Waals surface area contributed by atoms with E-state index in [2.05, 4.69) is 25.7 Å². The molecule has 0 saturated carbocycles. The van der Waals surface area contributed by atoms with Gasteiger partial charge in [-0.1, -0.05) is 35.3 Å². The molecule has 198 valence electrons. The molecule has 38 heavy (non-hydrogen) atoms. The third-order valence-electron chi connectivity index (χ3n) is 5.15. The molecule has 0 spiro atoms. The molecular formula is C24H19Cl2F3N6O2S. The molecule has 0 bridgehead atoms. The van der Waals surface area contributed by atoms with Crippen molar-refractivity contribution in [3.63, 3.8) is 0 Å². The lowest BCUT2D eigenvalue weighted by atomic mass is 10.1. The van der Waals surface area contributed by atoms with Crippen LogP contribution in [0.1, 0.15) is 45.1 Å². The van der Waals surface area contributed by atoms with Gasteiger partial charge in [-0.05, 0) is 49.4 Å². The number of nitrogens with zero attached hydrogens (tertiary/aromatic N) is 4. The lowest BCUT2D eigenvalue weighted by Crippen LogP contribution is -2.29. The molecule has 0 aliphatic rings. The van der Waals surface area contributed by atoms with Crippen LogP contribution < -0.4 is 10.6 Å². The maximum absolute atomic E-state index is 13.1. The van der Waals surface area contributed by atoms with Crippen molar-refractivity contribution < 1.29 is 22.8 Å². The molecule has 0 saturated heterocycles. The second kappa shape index (κ2) is 11.8. The Balaban J connectivity index is 0.00000400. The van der Waals surface area contributed by atoms with E-state index >= 15 is 0 Å².